The number of amides is 1. The van der Waals surface area contributed by atoms with Gasteiger partial charge in [-0.2, -0.15) is 0 Å². The van der Waals surface area contributed by atoms with Gasteiger partial charge in [-0.1, -0.05) is 61.4 Å². The molecule has 1 saturated heterocycles. The third kappa shape index (κ3) is 8.06. The standard InChI is InChI=1S/C27H33NO5/c29-25(22-10-8-9-21(19-22)20-33-24-11-4-3-5-12-24)16-14-23-15-17-26(30)28(23)18-7-2-1-6-13-27(31)32/h3-5,8-12,14,16,19,23,25,29H,1-2,6-7,13,15,17-18,20H2,(H,31,32)/t23?,25-/m1/s1. The summed E-state index contributed by atoms with van der Waals surface area (Å²) in [5.41, 5.74) is 1.76. The number of para-hydroxylation sites is 1. The van der Waals surface area contributed by atoms with Crippen LogP contribution in [0.15, 0.2) is 66.7 Å². The Morgan fingerprint density at radius 2 is 1.88 bits per heavy atom. The van der Waals surface area contributed by atoms with Crippen molar-refractivity contribution in [3.8, 4) is 5.75 Å². The second-order valence-electron chi connectivity index (χ2n) is 8.43. The minimum absolute atomic E-state index is 0.00392. The summed E-state index contributed by atoms with van der Waals surface area (Å²) in [7, 11) is 0. The highest BCUT2D eigenvalue weighted by atomic mass is 16.5. The van der Waals surface area contributed by atoms with Gasteiger partial charge in [0.2, 0.25) is 5.91 Å². The highest BCUT2D eigenvalue weighted by Gasteiger charge is 2.28. The number of hydrogen-bond acceptors (Lipinski definition) is 4. The molecule has 2 aromatic carbocycles. The molecule has 176 valence electrons. The Morgan fingerprint density at radius 3 is 2.67 bits per heavy atom. The number of hydrogen-bond donors (Lipinski definition) is 2. The number of carbonyl (C=O) groups is 2. The summed E-state index contributed by atoms with van der Waals surface area (Å²) in [6.45, 7) is 1.09. The number of carboxylic acid groups (broad SMARTS) is 1. The van der Waals surface area contributed by atoms with Crippen molar-refractivity contribution in [2.45, 2.75) is 63.7 Å². The smallest absolute Gasteiger partial charge is 0.303 e. The van der Waals surface area contributed by atoms with E-state index in [0.29, 0.717) is 26.0 Å². The molecule has 1 heterocycles. The van der Waals surface area contributed by atoms with E-state index in [-0.39, 0.29) is 18.4 Å². The van der Waals surface area contributed by atoms with Gasteiger partial charge in [0.25, 0.3) is 0 Å². The minimum atomic E-state index is -0.761. The summed E-state index contributed by atoms with van der Waals surface area (Å²) in [4.78, 5) is 24.7. The number of benzene rings is 2. The van der Waals surface area contributed by atoms with E-state index in [9.17, 15) is 14.7 Å². The zero-order chi connectivity index (χ0) is 23.5. The summed E-state index contributed by atoms with van der Waals surface area (Å²) >= 11 is 0. The van der Waals surface area contributed by atoms with Gasteiger partial charge in [0.05, 0.1) is 12.1 Å². The van der Waals surface area contributed by atoms with E-state index in [1.54, 1.807) is 6.08 Å². The van der Waals surface area contributed by atoms with Crippen LogP contribution >= 0.6 is 0 Å². The largest absolute Gasteiger partial charge is 0.489 e. The average molecular weight is 452 g/mol. The lowest BCUT2D eigenvalue weighted by molar-refractivity contribution is -0.137. The molecule has 33 heavy (non-hydrogen) atoms. The lowest BCUT2D eigenvalue weighted by Crippen LogP contribution is -2.32. The summed E-state index contributed by atoms with van der Waals surface area (Å²) in [5, 5.41) is 19.4. The Morgan fingerprint density at radius 1 is 1.09 bits per heavy atom. The molecular weight excluding hydrogens is 418 g/mol. The maximum Gasteiger partial charge on any atom is 0.303 e. The Bertz CT molecular complexity index is 927. The molecule has 2 N–H and O–H groups in total. The van der Waals surface area contributed by atoms with Crippen LogP contribution in [0.3, 0.4) is 0 Å². The van der Waals surface area contributed by atoms with Crippen molar-refractivity contribution in [1.29, 1.82) is 0 Å². The van der Waals surface area contributed by atoms with E-state index < -0.39 is 12.1 Å². The number of aliphatic carboxylic acids is 1. The number of ether oxygens (including phenoxy) is 1. The molecule has 2 atom stereocenters. The maximum absolute atomic E-state index is 12.3. The third-order valence-corrected chi connectivity index (χ3v) is 5.87. The van der Waals surface area contributed by atoms with Gasteiger partial charge >= 0.3 is 5.97 Å². The molecule has 0 saturated carbocycles. The molecule has 0 aromatic heterocycles. The molecule has 0 bridgehead atoms. The molecule has 1 unspecified atom stereocenters. The molecule has 3 rings (SSSR count). The number of nitrogens with zero attached hydrogens (tertiary/aromatic N) is 1. The highest BCUT2D eigenvalue weighted by molar-refractivity contribution is 5.79. The quantitative estimate of drug-likeness (QED) is 0.335. The predicted molar refractivity (Wildman–Crippen MR) is 127 cm³/mol. The van der Waals surface area contributed by atoms with Gasteiger partial charge in [-0.05, 0) is 48.6 Å². The molecule has 0 radical (unpaired) electrons. The Balaban J connectivity index is 1.49. The minimum Gasteiger partial charge on any atom is -0.489 e. The van der Waals surface area contributed by atoms with E-state index in [1.165, 1.54) is 0 Å². The lowest BCUT2D eigenvalue weighted by atomic mass is 10.0. The molecule has 0 aliphatic carbocycles. The topological polar surface area (TPSA) is 87.1 Å². The van der Waals surface area contributed by atoms with Crippen molar-refractivity contribution in [2.24, 2.45) is 0 Å². The lowest BCUT2D eigenvalue weighted by Gasteiger charge is -2.22. The monoisotopic (exact) mass is 451 g/mol. The molecule has 0 spiro atoms. The van der Waals surface area contributed by atoms with Crippen LogP contribution in [-0.4, -0.2) is 39.6 Å². The molecule has 1 aliphatic rings. The second kappa shape index (κ2) is 12.8. The first-order chi connectivity index (χ1) is 16.0. The number of carbonyl (C=O) groups excluding carboxylic acids is 1. The fraction of sp³-hybridized carbons (Fsp3) is 0.407. The van der Waals surface area contributed by atoms with E-state index in [1.807, 2.05) is 65.6 Å². The van der Waals surface area contributed by atoms with E-state index in [4.69, 9.17) is 9.84 Å². The molecule has 1 aliphatic heterocycles. The van der Waals surface area contributed by atoms with Gasteiger partial charge in [-0.15, -0.1) is 0 Å². The van der Waals surface area contributed by atoms with E-state index in [2.05, 4.69) is 0 Å². The Hall–Kier alpha value is -3.12. The SMILES string of the molecule is O=C(O)CCCCCCN1C(=O)CCC1C=C[C@@H](O)c1cccc(COc2ccccc2)c1. The fourth-order valence-electron chi connectivity index (χ4n) is 4.05. The van der Waals surface area contributed by atoms with Gasteiger partial charge < -0.3 is 19.8 Å². The van der Waals surface area contributed by atoms with Gasteiger partial charge in [-0.3, -0.25) is 9.59 Å². The van der Waals surface area contributed by atoms with E-state index >= 15 is 0 Å². The fourth-order valence-corrected chi connectivity index (χ4v) is 4.05. The number of unbranched alkanes of at least 4 members (excludes halogenated alkanes) is 3. The van der Waals surface area contributed by atoms with Gasteiger partial charge in [-0.25, -0.2) is 0 Å². The van der Waals surface area contributed by atoms with Crippen molar-refractivity contribution in [3.05, 3.63) is 77.9 Å². The molecule has 6 heteroatoms. The maximum atomic E-state index is 12.3. The normalized spacial score (nSPS) is 16.9. The van der Waals surface area contributed by atoms with Crippen LogP contribution < -0.4 is 4.74 Å². The Kier molecular flexibility index (Phi) is 9.51. The predicted octanol–water partition coefficient (Wildman–Crippen LogP) is 4.88. The van der Waals surface area contributed by atoms with Crippen molar-refractivity contribution in [1.82, 2.24) is 4.90 Å². The first kappa shape index (κ1) is 24.5. The summed E-state index contributed by atoms with van der Waals surface area (Å²) in [6, 6.07) is 17.3. The molecule has 6 nitrogen and oxygen atoms in total. The average Bonchev–Trinajstić information content (AvgIpc) is 3.18. The van der Waals surface area contributed by atoms with Crippen molar-refractivity contribution < 1.29 is 24.5 Å². The van der Waals surface area contributed by atoms with Crippen molar-refractivity contribution in [3.63, 3.8) is 0 Å². The van der Waals surface area contributed by atoms with Crippen LogP contribution in [0.1, 0.15) is 62.2 Å². The van der Waals surface area contributed by atoms with Gasteiger partial charge in [0, 0.05) is 19.4 Å². The number of aliphatic hydroxyl groups is 1. The first-order valence-electron chi connectivity index (χ1n) is 11.7. The first-order valence-corrected chi connectivity index (χ1v) is 11.7. The number of rotatable bonds is 13. The van der Waals surface area contributed by atoms with Crippen molar-refractivity contribution in [2.75, 3.05) is 6.54 Å². The van der Waals surface area contributed by atoms with Crippen molar-refractivity contribution >= 4 is 11.9 Å². The Labute approximate surface area is 195 Å². The van der Waals surface area contributed by atoms with E-state index in [0.717, 1.165) is 42.6 Å². The second-order valence-corrected chi connectivity index (χ2v) is 8.43. The summed E-state index contributed by atoms with van der Waals surface area (Å²) in [5.74, 6) is 0.184. The molecule has 2 aromatic rings. The van der Waals surface area contributed by atoms with Crippen LogP contribution in [0, 0.1) is 0 Å². The third-order valence-electron chi connectivity index (χ3n) is 5.87. The molecular formula is C27H33NO5. The molecule has 1 amide bonds. The zero-order valence-corrected chi connectivity index (χ0v) is 18.9. The van der Waals surface area contributed by atoms with Crippen LogP contribution in [0.5, 0.6) is 5.75 Å². The summed E-state index contributed by atoms with van der Waals surface area (Å²) < 4.78 is 5.79. The van der Waals surface area contributed by atoms with Crippen LogP contribution in [-0.2, 0) is 16.2 Å². The van der Waals surface area contributed by atoms with Gasteiger partial charge in [0.1, 0.15) is 12.4 Å². The van der Waals surface area contributed by atoms with Crippen LogP contribution in [0.4, 0.5) is 0 Å². The zero-order valence-electron chi connectivity index (χ0n) is 18.9. The number of aliphatic hydroxyl groups excluding tert-OH is 1. The molecule has 1 fully saturated rings. The van der Waals surface area contributed by atoms with Gasteiger partial charge in [0.15, 0.2) is 0 Å². The summed E-state index contributed by atoms with van der Waals surface area (Å²) in [6.07, 6.45) is 7.73. The highest BCUT2D eigenvalue weighted by Crippen LogP contribution is 2.23. The number of carboxylic acids is 1. The van der Waals surface area contributed by atoms with Crippen LogP contribution in [0.2, 0.25) is 0 Å². The van der Waals surface area contributed by atoms with Crippen LogP contribution in [0.25, 0.3) is 0 Å². The number of likely N-dealkylation sites (tertiary alicyclic amines) is 1.